The molecule has 2 heterocycles. The number of hydrogen-bond donors (Lipinski definition) is 3. The highest BCUT2D eigenvalue weighted by molar-refractivity contribution is 7.15. The van der Waals surface area contributed by atoms with Crippen LogP contribution in [0.1, 0.15) is 35.9 Å². The van der Waals surface area contributed by atoms with Gasteiger partial charge in [0, 0.05) is 38.4 Å². The van der Waals surface area contributed by atoms with Gasteiger partial charge in [-0.05, 0) is 56.5 Å². The molecular weight excluding hydrogens is 438 g/mol. The second kappa shape index (κ2) is 11.2. The number of likely N-dealkylation sites (tertiary alicyclic amines) is 1. The van der Waals surface area contributed by atoms with Crippen molar-refractivity contribution in [2.24, 2.45) is 22.4 Å². The molecule has 3 rings (SSSR count). The van der Waals surface area contributed by atoms with Gasteiger partial charge in [0.15, 0.2) is 11.1 Å². The molecule has 0 saturated carbocycles. The molecule has 1 aromatic heterocycles. The lowest BCUT2D eigenvalue weighted by atomic mass is 9.95. The van der Waals surface area contributed by atoms with Crippen LogP contribution >= 0.6 is 11.3 Å². The Hall–Kier alpha value is -2.98. The lowest BCUT2D eigenvalue weighted by molar-refractivity contribution is -0.134. The Balaban J connectivity index is 1.65. The van der Waals surface area contributed by atoms with Crippen LogP contribution < -0.4 is 16.8 Å². The number of thiazole rings is 1. The largest absolute Gasteiger partial charge is 0.370 e. The summed E-state index contributed by atoms with van der Waals surface area (Å²) in [7, 11) is 3.63. The van der Waals surface area contributed by atoms with Gasteiger partial charge in [0.2, 0.25) is 11.8 Å². The molecular formula is C23H33N7O2S. The van der Waals surface area contributed by atoms with Crippen LogP contribution in [-0.4, -0.2) is 59.7 Å². The highest BCUT2D eigenvalue weighted by atomic mass is 32.1. The van der Waals surface area contributed by atoms with E-state index in [9.17, 15) is 9.59 Å². The standard InChI is InChI=1S/C23H33N7O2S/c1-15(31)26-23-28-19(9-6-16-4-7-18(8-5-16)27-22(24)25)20(33-23)14-30-12-10-17(11-13-30)21(32)29(2)3/h4-5,7-8,17H,6,9-14H2,1-3H3,(H4,24,25,27)(H,26,28,31). The molecule has 1 fully saturated rings. The molecule has 0 aliphatic carbocycles. The number of carbonyl (C=O) groups excluding carboxylic acids is 2. The van der Waals surface area contributed by atoms with Crippen molar-refractivity contribution in [3.8, 4) is 0 Å². The fourth-order valence-electron chi connectivity index (χ4n) is 3.96. The lowest BCUT2D eigenvalue weighted by Gasteiger charge is -2.32. The van der Waals surface area contributed by atoms with Crippen LogP contribution in [0.15, 0.2) is 29.3 Å². The van der Waals surface area contributed by atoms with Crippen molar-refractivity contribution in [3.63, 3.8) is 0 Å². The lowest BCUT2D eigenvalue weighted by Crippen LogP contribution is -2.39. The normalized spacial score (nSPS) is 14.6. The highest BCUT2D eigenvalue weighted by Crippen LogP contribution is 2.28. The summed E-state index contributed by atoms with van der Waals surface area (Å²) in [5, 5.41) is 3.46. The van der Waals surface area contributed by atoms with Crippen molar-refractivity contribution in [1.29, 1.82) is 0 Å². The Labute approximate surface area is 198 Å². The monoisotopic (exact) mass is 471 g/mol. The van der Waals surface area contributed by atoms with Gasteiger partial charge in [0.25, 0.3) is 0 Å². The van der Waals surface area contributed by atoms with Crippen LogP contribution in [0.2, 0.25) is 0 Å². The second-order valence-corrected chi connectivity index (χ2v) is 9.64. The van der Waals surface area contributed by atoms with Gasteiger partial charge in [-0.1, -0.05) is 12.1 Å². The molecule has 5 N–H and O–H groups in total. The molecule has 178 valence electrons. The molecule has 0 spiro atoms. The summed E-state index contributed by atoms with van der Waals surface area (Å²) in [6.45, 7) is 4.02. The Morgan fingerprint density at radius 1 is 1.18 bits per heavy atom. The highest BCUT2D eigenvalue weighted by Gasteiger charge is 2.27. The summed E-state index contributed by atoms with van der Waals surface area (Å²) >= 11 is 1.53. The van der Waals surface area contributed by atoms with Crippen molar-refractivity contribution >= 4 is 39.9 Å². The predicted octanol–water partition coefficient (Wildman–Crippen LogP) is 2.09. The summed E-state index contributed by atoms with van der Waals surface area (Å²) in [6, 6.07) is 7.79. The van der Waals surface area contributed by atoms with Gasteiger partial charge in [-0.25, -0.2) is 9.98 Å². The molecule has 33 heavy (non-hydrogen) atoms. The van der Waals surface area contributed by atoms with Crippen LogP contribution in [0, 0.1) is 5.92 Å². The maximum absolute atomic E-state index is 12.3. The predicted molar refractivity (Wildman–Crippen MR) is 132 cm³/mol. The second-order valence-electron chi connectivity index (χ2n) is 8.56. The van der Waals surface area contributed by atoms with E-state index in [0.717, 1.165) is 67.1 Å². The minimum atomic E-state index is -0.125. The first-order valence-electron chi connectivity index (χ1n) is 11.1. The van der Waals surface area contributed by atoms with Gasteiger partial charge in [-0.2, -0.15) is 0 Å². The Bertz CT molecular complexity index is 989. The third kappa shape index (κ3) is 7.26. The topological polar surface area (TPSA) is 130 Å². The fourth-order valence-corrected chi connectivity index (χ4v) is 5.06. The molecule has 1 saturated heterocycles. The number of carbonyl (C=O) groups is 2. The van der Waals surface area contributed by atoms with Crippen molar-refractivity contribution in [2.75, 3.05) is 32.5 Å². The zero-order valence-electron chi connectivity index (χ0n) is 19.5. The number of piperidine rings is 1. The number of amides is 2. The Kier molecular flexibility index (Phi) is 8.40. The number of guanidine groups is 1. The number of anilines is 1. The zero-order chi connectivity index (χ0) is 24.0. The smallest absolute Gasteiger partial charge is 0.225 e. The zero-order valence-corrected chi connectivity index (χ0v) is 20.3. The Morgan fingerprint density at radius 3 is 2.42 bits per heavy atom. The van der Waals surface area contributed by atoms with Gasteiger partial charge in [-0.15, -0.1) is 11.3 Å². The number of rotatable bonds is 8. The fraction of sp³-hybridized carbons (Fsp3) is 0.478. The maximum Gasteiger partial charge on any atom is 0.225 e. The van der Waals surface area contributed by atoms with Crippen molar-refractivity contribution in [3.05, 3.63) is 40.4 Å². The number of benzene rings is 1. The van der Waals surface area contributed by atoms with E-state index in [2.05, 4.69) is 15.2 Å². The summed E-state index contributed by atoms with van der Waals surface area (Å²) < 4.78 is 0. The molecule has 0 unspecified atom stereocenters. The molecule has 2 aromatic rings. The van der Waals surface area contributed by atoms with E-state index in [0.29, 0.717) is 5.13 Å². The van der Waals surface area contributed by atoms with Gasteiger partial charge in [0.1, 0.15) is 0 Å². The van der Waals surface area contributed by atoms with Crippen LogP contribution in [-0.2, 0) is 29.0 Å². The molecule has 1 aliphatic heterocycles. The quantitative estimate of drug-likeness (QED) is 0.399. The SMILES string of the molecule is CC(=O)Nc1nc(CCc2ccc(N=C(N)N)cc2)c(CN2CCC(C(=O)N(C)C)CC2)s1. The molecule has 0 bridgehead atoms. The number of aryl methyl sites for hydroxylation is 2. The summed E-state index contributed by atoms with van der Waals surface area (Å²) in [5.74, 6) is 0.233. The number of hydrogen-bond acceptors (Lipinski definition) is 6. The Morgan fingerprint density at radius 2 is 1.85 bits per heavy atom. The van der Waals surface area contributed by atoms with E-state index >= 15 is 0 Å². The van der Waals surface area contributed by atoms with Gasteiger partial charge in [-0.3, -0.25) is 14.5 Å². The number of aromatic nitrogens is 1. The first-order valence-corrected chi connectivity index (χ1v) is 11.9. The van der Waals surface area contributed by atoms with E-state index in [4.69, 9.17) is 16.5 Å². The molecule has 9 nitrogen and oxygen atoms in total. The minimum absolute atomic E-state index is 0.0375. The average molecular weight is 472 g/mol. The third-order valence-corrected chi connectivity index (χ3v) is 6.65. The van der Waals surface area contributed by atoms with Crippen molar-refractivity contribution in [2.45, 2.75) is 39.2 Å². The van der Waals surface area contributed by atoms with Gasteiger partial charge >= 0.3 is 0 Å². The third-order valence-electron chi connectivity index (χ3n) is 5.65. The van der Waals surface area contributed by atoms with Crippen LogP contribution in [0.5, 0.6) is 0 Å². The summed E-state index contributed by atoms with van der Waals surface area (Å²) in [4.78, 5) is 37.8. The molecule has 10 heteroatoms. The molecule has 1 aromatic carbocycles. The molecule has 2 amide bonds. The van der Waals surface area contributed by atoms with Gasteiger partial charge in [0.05, 0.1) is 11.4 Å². The summed E-state index contributed by atoms with van der Waals surface area (Å²) in [6.07, 6.45) is 3.32. The first kappa shape index (κ1) is 24.7. The van der Waals surface area contributed by atoms with E-state index in [-0.39, 0.29) is 23.7 Å². The van der Waals surface area contributed by atoms with Crippen molar-refractivity contribution < 1.29 is 9.59 Å². The molecule has 0 atom stereocenters. The van der Waals surface area contributed by atoms with Crippen LogP contribution in [0.4, 0.5) is 10.8 Å². The van der Waals surface area contributed by atoms with E-state index in [1.165, 1.54) is 18.3 Å². The number of nitrogens with one attached hydrogen (secondary N) is 1. The van der Waals surface area contributed by atoms with Crippen LogP contribution in [0.3, 0.4) is 0 Å². The van der Waals surface area contributed by atoms with Crippen molar-refractivity contribution in [1.82, 2.24) is 14.8 Å². The maximum atomic E-state index is 12.3. The number of nitrogens with zero attached hydrogens (tertiary/aromatic N) is 4. The van der Waals surface area contributed by atoms with E-state index in [1.54, 1.807) is 4.90 Å². The van der Waals surface area contributed by atoms with Crippen LogP contribution in [0.25, 0.3) is 0 Å². The molecule has 1 aliphatic rings. The minimum Gasteiger partial charge on any atom is -0.370 e. The average Bonchev–Trinajstić information content (AvgIpc) is 3.13. The number of nitrogens with two attached hydrogens (primary N) is 2. The summed E-state index contributed by atoms with van der Waals surface area (Å²) in [5.41, 5.74) is 13.7. The van der Waals surface area contributed by atoms with E-state index in [1.807, 2.05) is 38.4 Å². The molecule has 0 radical (unpaired) electrons. The number of aliphatic imine (C=N–C) groups is 1. The van der Waals surface area contributed by atoms with E-state index < -0.39 is 0 Å². The van der Waals surface area contributed by atoms with Gasteiger partial charge < -0.3 is 21.7 Å². The first-order chi connectivity index (χ1) is 15.7.